The zero-order valence-corrected chi connectivity index (χ0v) is 20.5. The summed E-state index contributed by atoms with van der Waals surface area (Å²) in [7, 11) is 0. The lowest BCUT2D eigenvalue weighted by atomic mass is 9.46. The second-order valence-electron chi connectivity index (χ2n) is 11.9. The first-order chi connectivity index (χ1) is 18.1. The molecule has 5 aliphatic rings. The Kier molecular flexibility index (Phi) is 4.46. The van der Waals surface area contributed by atoms with E-state index in [9.17, 15) is 10.4 Å². The number of rotatable bonds is 5. The minimum absolute atomic E-state index is 0.0179. The van der Waals surface area contributed by atoms with Crippen LogP contribution in [0.1, 0.15) is 55.7 Å². The Morgan fingerprint density at radius 3 is 2.84 bits per heavy atom. The molecule has 0 saturated heterocycles. The van der Waals surface area contributed by atoms with Gasteiger partial charge in [0.25, 0.3) is 6.01 Å². The van der Waals surface area contributed by atoms with Crippen molar-refractivity contribution in [2.75, 3.05) is 5.32 Å². The Labute approximate surface area is 215 Å². The maximum atomic E-state index is 11.9. The van der Waals surface area contributed by atoms with E-state index in [4.69, 9.17) is 4.42 Å². The molecule has 2 N–H and O–H groups in total. The number of anilines is 1. The van der Waals surface area contributed by atoms with Gasteiger partial charge in [0.05, 0.1) is 42.0 Å². The highest BCUT2D eigenvalue weighted by molar-refractivity contribution is 5.76. The van der Waals surface area contributed by atoms with E-state index in [0.29, 0.717) is 46.5 Å². The number of fused-ring (bicyclic) bond motifs is 4. The van der Waals surface area contributed by atoms with E-state index in [2.05, 4.69) is 50.2 Å². The Balaban J connectivity index is 1.04. The molecule has 3 heterocycles. The number of benzene rings is 2. The monoisotopic (exact) mass is 491 g/mol. The van der Waals surface area contributed by atoms with Crippen LogP contribution in [0.15, 0.2) is 59.4 Å². The van der Waals surface area contributed by atoms with Crippen molar-refractivity contribution < 1.29 is 9.52 Å². The van der Waals surface area contributed by atoms with Gasteiger partial charge in [-0.15, -0.1) is 0 Å². The van der Waals surface area contributed by atoms with Gasteiger partial charge in [-0.2, -0.15) is 10.2 Å². The van der Waals surface area contributed by atoms with Gasteiger partial charge in [0, 0.05) is 11.6 Å². The van der Waals surface area contributed by atoms with Gasteiger partial charge in [-0.25, -0.2) is 4.98 Å². The van der Waals surface area contributed by atoms with Gasteiger partial charge < -0.3 is 19.4 Å². The predicted octanol–water partition coefficient (Wildman–Crippen LogP) is 5.52. The lowest BCUT2D eigenvalue weighted by Crippen LogP contribution is -2.59. The maximum absolute atomic E-state index is 11.9. The second kappa shape index (κ2) is 7.69. The first-order valence-electron chi connectivity index (χ1n) is 13.5. The Morgan fingerprint density at radius 2 is 2.00 bits per heavy atom. The van der Waals surface area contributed by atoms with Gasteiger partial charge in [0.2, 0.25) is 0 Å². The zero-order chi connectivity index (χ0) is 24.7. The number of hydrogen-bond donors (Lipinski definition) is 2. The molecule has 4 bridgehead atoms. The quantitative estimate of drug-likeness (QED) is 0.381. The number of aromatic nitrogens is 3. The predicted molar refractivity (Wildman–Crippen MR) is 139 cm³/mol. The van der Waals surface area contributed by atoms with E-state index in [1.54, 1.807) is 12.1 Å². The number of nitriles is 1. The highest BCUT2D eigenvalue weighted by Gasteiger charge is 2.58. The summed E-state index contributed by atoms with van der Waals surface area (Å²) >= 11 is 0. The highest BCUT2D eigenvalue weighted by atomic mass is 16.4. The van der Waals surface area contributed by atoms with Crippen LogP contribution in [0.3, 0.4) is 0 Å². The number of aliphatic hydroxyl groups is 1. The molecule has 0 amide bonds. The molecule has 7 nitrogen and oxygen atoms in total. The number of aliphatic hydroxyl groups excluding tert-OH is 1. The molecule has 7 heteroatoms. The molecule has 4 unspecified atom stereocenters. The normalized spacial score (nSPS) is 31.7. The van der Waals surface area contributed by atoms with E-state index in [0.717, 1.165) is 31.4 Å². The molecule has 37 heavy (non-hydrogen) atoms. The topological polar surface area (TPSA) is 99.9 Å². The van der Waals surface area contributed by atoms with Crippen molar-refractivity contribution in [3.63, 3.8) is 0 Å². The van der Waals surface area contributed by atoms with Crippen LogP contribution in [0.5, 0.6) is 0 Å². The van der Waals surface area contributed by atoms with Crippen molar-refractivity contribution in [2.24, 2.45) is 23.2 Å². The van der Waals surface area contributed by atoms with Crippen LogP contribution >= 0.6 is 0 Å². The van der Waals surface area contributed by atoms with Crippen molar-refractivity contribution in [2.45, 2.75) is 56.7 Å². The summed E-state index contributed by atoms with van der Waals surface area (Å²) < 4.78 is 8.26. The number of nitrogens with one attached hydrogen (secondary N) is 1. The average Bonchev–Trinajstić information content (AvgIpc) is 3.61. The van der Waals surface area contributed by atoms with Gasteiger partial charge in [-0.05, 0) is 85.5 Å². The first kappa shape index (κ1) is 21.5. The number of hydrogen-bond acceptors (Lipinski definition) is 6. The minimum atomic E-state index is -0.346. The average molecular weight is 492 g/mol. The Bertz CT molecular complexity index is 1550. The Hall–Kier alpha value is -3.63. The summed E-state index contributed by atoms with van der Waals surface area (Å²) in [4.78, 5) is 9.05. The van der Waals surface area contributed by atoms with Crippen LogP contribution in [-0.2, 0) is 0 Å². The third-order valence-corrected chi connectivity index (χ3v) is 9.88. The molecule has 186 valence electrons. The lowest BCUT2D eigenvalue weighted by molar-refractivity contribution is -0.129. The molecule has 1 aliphatic heterocycles. The van der Waals surface area contributed by atoms with Crippen LogP contribution in [0, 0.1) is 34.5 Å². The van der Waals surface area contributed by atoms with Crippen LogP contribution in [0.4, 0.5) is 6.01 Å². The van der Waals surface area contributed by atoms with Crippen LogP contribution < -0.4 is 5.32 Å². The SMILES string of the molecule is N#Cc1ccc2oc(NC3C4CC5CC3CC(C(O)CC3c6ccccc6-c6cncn63)(C5)C4)nc2c1. The lowest BCUT2D eigenvalue weighted by Gasteiger charge is -2.61. The molecule has 0 spiro atoms. The molecule has 4 atom stereocenters. The van der Waals surface area contributed by atoms with E-state index >= 15 is 0 Å². The molecule has 4 aromatic rings. The van der Waals surface area contributed by atoms with Crippen LogP contribution in [0.25, 0.3) is 22.4 Å². The Morgan fingerprint density at radius 1 is 1.16 bits per heavy atom. The third-order valence-electron chi connectivity index (χ3n) is 9.88. The van der Waals surface area contributed by atoms with Crippen LogP contribution in [-0.4, -0.2) is 31.8 Å². The molecule has 4 aliphatic carbocycles. The molecular formula is C30H29N5O2. The summed E-state index contributed by atoms with van der Waals surface area (Å²) in [6.07, 6.45) is 9.90. The van der Waals surface area contributed by atoms with Gasteiger partial charge in [-0.3, -0.25) is 0 Å². The van der Waals surface area contributed by atoms with Gasteiger partial charge in [-0.1, -0.05) is 24.3 Å². The molecule has 4 saturated carbocycles. The number of oxazole rings is 1. The molecule has 2 aromatic heterocycles. The molecule has 9 rings (SSSR count). The van der Waals surface area contributed by atoms with Crippen molar-refractivity contribution in [3.05, 3.63) is 66.1 Å². The number of nitrogens with zero attached hydrogens (tertiary/aromatic N) is 4. The summed E-state index contributed by atoms with van der Waals surface area (Å²) in [5.41, 5.74) is 5.69. The fourth-order valence-electron chi connectivity index (χ4n) is 8.57. The molecule has 2 aromatic carbocycles. The number of imidazole rings is 1. The standard InChI is InChI=1S/C30H29N5O2/c31-14-17-5-6-26-23(9-17)33-29(37-26)34-28-19-7-18-8-20(28)13-30(11-18,12-19)27(36)10-24-21-3-1-2-4-22(21)25-15-32-16-35(24)25/h1-6,9,15-16,18-20,24,27-28,36H,7-8,10-13H2,(H,33,34). The largest absolute Gasteiger partial charge is 0.424 e. The van der Waals surface area contributed by atoms with Crippen molar-refractivity contribution in [1.29, 1.82) is 5.26 Å². The smallest absolute Gasteiger partial charge is 0.295 e. The van der Waals surface area contributed by atoms with Crippen molar-refractivity contribution >= 4 is 17.1 Å². The summed E-state index contributed by atoms with van der Waals surface area (Å²) in [6, 6.07) is 17.1. The van der Waals surface area contributed by atoms with Crippen molar-refractivity contribution in [1.82, 2.24) is 14.5 Å². The fourth-order valence-corrected chi connectivity index (χ4v) is 8.57. The first-order valence-corrected chi connectivity index (χ1v) is 13.5. The summed E-state index contributed by atoms with van der Waals surface area (Å²) in [5, 5.41) is 24.7. The third kappa shape index (κ3) is 3.15. The van der Waals surface area contributed by atoms with Gasteiger partial charge >= 0.3 is 0 Å². The van der Waals surface area contributed by atoms with E-state index in [-0.39, 0.29) is 17.6 Å². The minimum Gasteiger partial charge on any atom is -0.424 e. The van der Waals surface area contributed by atoms with E-state index in [1.165, 1.54) is 24.0 Å². The van der Waals surface area contributed by atoms with E-state index < -0.39 is 0 Å². The maximum Gasteiger partial charge on any atom is 0.295 e. The molecular weight excluding hydrogens is 462 g/mol. The molecule has 0 radical (unpaired) electrons. The fraction of sp³-hybridized carbons (Fsp3) is 0.433. The zero-order valence-electron chi connectivity index (χ0n) is 20.5. The summed E-state index contributed by atoms with van der Waals surface area (Å²) in [6.45, 7) is 0. The van der Waals surface area contributed by atoms with Crippen LogP contribution in [0.2, 0.25) is 0 Å². The summed E-state index contributed by atoms with van der Waals surface area (Å²) in [5.74, 6) is 1.70. The van der Waals surface area contributed by atoms with Gasteiger partial charge in [0.15, 0.2) is 5.58 Å². The van der Waals surface area contributed by atoms with E-state index in [1.807, 2.05) is 18.6 Å². The van der Waals surface area contributed by atoms with Gasteiger partial charge in [0.1, 0.15) is 5.52 Å². The van der Waals surface area contributed by atoms with Crippen molar-refractivity contribution in [3.8, 4) is 17.3 Å². The second-order valence-corrected chi connectivity index (χ2v) is 11.9. The highest BCUT2D eigenvalue weighted by Crippen LogP contribution is 2.62. The molecule has 4 fully saturated rings.